The number of aryl methyl sites for hydroxylation is 1. The number of hydrogen-bond acceptors (Lipinski definition) is 3. The van der Waals surface area contributed by atoms with Crippen LogP contribution in [-0.2, 0) is 6.42 Å². The van der Waals surface area contributed by atoms with Crippen LogP contribution in [0.5, 0.6) is 11.5 Å². The van der Waals surface area contributed by atoms with Gasteiger partial charge in [-0.3, -0.25) is 0 Å². The second-order valence-electron chi connectivity index (χ2n) is 5.56. The molecule has 0 aliphatic heterocycles. The summed E-state index contributed by atoms with van der Waals surface area (Å²) in [5.74, 6) is 0.796. The lowest BCUT2D eigenvalue weighted by Gasteiger charge is -2.13. The van der Waals surface area contributed by atoms with E-state index in [9.17, 15) is 10.2 Å². The first-order valence-electron chi connectivity index (χ1n) is 6.78. The summed E-state index contributed by atoms with van der Waals surface area (Å²) in [6, 6.07) is 8.96. The first kappa shape index (κ1) is 14.3. The van der Waals surface area contributed by atoms with Crippen molar-refractivity contribution in [3.05, 3.63) is 52.6 Å². The van der Waals surface area contributed by atoms with E-state index in [1.807, 2.05) is 19.1 Å². The van der Waals surface area contributed by atoms with Gasteiger partial charge in [-0.2, -0.15) is 0 Å². The molecule has 0 aromatic heterocycles. The molecule has 2 rings (SSSR count). The fourth-order valence-electron chi connectivity index (χ4n) is 2.45. The average molecular weight is 271 g/mol. The van der Waals surface area contributed by atoms with Gasteiger partial charge in [-0.25, -0.2) is 0 Å². The number of anilines is 1. The van der Waals surface area contributed by atoms with Gasteiger partial charge in [-0.15, -0.1) is 0 Å². The molecule has 2 aromatic rings. The van der Waals surface area contributed by atoms with E-state index in [4.69, 9.17) is 5.73 Å². The number of rotatable bonds is 3. The average Bonchev–Trinajstić information content (AvgIpc) is 2.35. The molecule has 3 nitrogen and oxygen atoms in total. The van der Waals surface area contributed by atoms with Gasteiger partial charge < -0.3 is 15.9 Å². The monoisotopic (exact) mass is 271 g/mol. The van der Waals surface area contributed by atoms with Gasteiger partial charge in [-0.05, 0) is 53.6 Å². The molecule has 0 bridgehead atoms. The van der Waals surface area contributed by atoms with Gasteiger partial charge in [-0.1, -0.05) is 26.0 Å². The predicted molar refractivity (Wildman–Crippen MR) is 82.3 cm³/mol. The third kappa shape index (κ3) is 2.87. The highest BCUT2D eigenvalue weighted by molar-refractivity contribution is 5.57. The van der Waals surface area contributed by atoms with Gasteiger partial charge in [0.15, 0.2) is 0 Å². The lowest BCUT2D eigenvalue weighted by atomic mass is 9.94. The number of benzene rings is 2. The van der Waals surface area contributed by atoms with Crippen LogP contribution in [0.3, 0.4) is 0 Å². The Balaban J connectivity index is 2.38. The maximum atomic E-state index is 9.86. The van der Waals surface area contributed by atoms with E-state index < -0.39 is 0 Å². The predicted octanol–water partition coefficient (Wildman–Crippen LogP) is 3.70. The summed E-state index contributed by atoms with van der Waals surface area (Å²) >= 11 is 0. The largest absolute Gasteiger partial charge is 0.508 e. The van der Waals surface area contributed by atoms with Crippen molar-refractivity contribution in [2.45, 2.75) is 33.1 Å². The first-order valence-corrected chi connectivity index (χ1v) is 6.78. The Morgan fingerprint density at radius 3 is 2.40 bits per heavy atom. The molecule has 0 amide bonds. The molecule has 4 N–H and O–H groups in total. The minimum atomic E-state index is 0.192. The molecular weight excluding hydrogens is 250 g/mol. The van der Waals surface area contributed by atoms with Crippen LogP contribution in [0, 0.1) is 6.92 Å². The second kappa shape index (κ2) is 5.45. The highest BCUT2D eigenvalue weighted by atomic mass is 16.3. The van der Waals surface area contributed by atoms with Crippen LogP contribution in [0.1, 0.15) is 42.0 Å². The van der Waals surface area contributed by atoms with Crippen LogP contribution in [0.25, 0.3) is 0 Å². The van der Waals surface area contributed by atoms with Gasteiger partial charge in [0.1, 0.15) is 11.5 Å². The SMILES string of the molecule is Cc1cc(O)cc(N)c1Cc1ccc(O)c(C(C)C)c1. The standard InChI is InChI=1S/C17H21NO2/c1-10(2)14-7-12(4-5-17(14)20)8-15-11(3)6-13(19)9-16(15)18/h4-7,9-10,19-20H,8,18H2,1-3H3. The lowest BCUT2D eigenvalue weighted by Crippen LogP contribution is -2.00. The van der Waals surface area contributed by atoms with Crippen molar-refractivity contribution in [2.24, 2.45) is 0 Å². The molecule has 3 heteroatoms. The smallest absolute Gasteiger partial charge is 0.119 e. The molecule has 0 saturated heterocycles. The molecule has 0 radical (unpaired) electrons. The highest BCUT2D eigenvalue weighted by Gasteiger charge is 2.10. The normalized spacial score (nSPS) is 11.0. The molecule has 0 atom stereocenters. The highest BCUT2D eigenvalue weighted by Crippen LogP contribution is 2.30. The van der Waals surface area contributed by atoms with Crippen molar-refractivity contribution >= 4 is 5.69 Å². The molecule has 0 unspecified atom stereocenters. The van der Waals surface area contributed by atoms with Crippen molar-refractivity contribution < 1.29 is 10.2 Å². The third-order valence-electron chi connectivity index (χ3n) is 3.59. The summed E-state index contributed by atoms with van der Waals surface area (Å²) in [4.78, 5) is 0. The summed E-state index contributed by atoms with van der Waals surface area (Å²) in [5, 5.41) is 19.4. The van der Waals surface area contributed by atoms with Crippen LogP contribution in [0.2, 0.25) is 0 Å². The molecule has 0 fully saturated rings. The number of hydrogen-bond donors (Lipinski definition) is 3. The molecule has 20 heavy (non-hydrogen) atoms. The zero-order chi connectivity index (χ0) is 14.9. The summed E-state index contributed by atoms with van der Waals surface area (Å²) in [6.07, 6.45) is 0.692. The summed E-state index contributed by atoms with van der Waals surface area (Å²) < 4.78 is 0. The summed E-state index contributed by atoms with van der Waals surface area (Å²) in [5.41, 5.74) is 10.6. The van der Waals surface area contributed by atoms with Gasteiger partial charge >= 0.3 is 0 Å². The first-order chi connectivity index (χ1) is 9.38. The lowest BCUT2D eigenvalue weighted by molar-refractivity contribution is 0.464. The molecule has 0 spiro atoms. The number of nitrogens with two attached hydrogens (primary N) is 1. The molecule has 106 valence electrons. The van der Waals surface area contributed by atoms with E-state index in [0.29, 0.717) is 17.9 Å². The fraction of sp³-hybridized carbons (Fsp3) is 0.294. The van der Waals surface area contributed by atoms with Crippen LogP contribution in [0.15, 0.2) is 30.3 Å². The van der Waals surface area contributed by atoms with E-state index in [0.717, 1.165) is 22.3 Å². The Labute approximate surface area is 119 Å². The molecule has 2 aromatic carbocycles. The number of nitrogen functional groups attached to an aromatic ring is 1. The fourth-order valence-corrected chi connectivity index (χ4v) is 2.45. The molecule has 0 aliphatic rings. The molecular formula is C17H21NO2. The van der Waals surface area contributed by atoms with Crippen molar-refractivity contribution in [2.75, 3.05) is 5.73 Å². The van der Waals surface area contributed by atoms with E-state index in [1.54, 1.807) is 18.2 Å². The summed E-state index contributed by atoms with van der Waals surface area (Å²) in [6.45, 7) is 6.05. The van der Waals surface area contributed by atoms with E-state index in [-0.39, 0.29) is 11.7 Å². The zero-order valence-electron chi connectivity index (χ0n) is 12.1. The van der Waals surface area contributed by atoms with Crippen molar-refractivity contribution in [1.82, 2.24) is 0 Å². The Kier molecular flexibility index (Phi) is 3.89. The van der Waals surface area contributed by atoms with Crippen molar-refractivity contribution in [1.29, 1.82) is 0 Å². The number of aromatic hydroxyl groups is 2. The summed E-state index contributed by atoms with van der Waals surface area (Å²) in [7, 11) is 0. The quantitative estimate of drug-likeness (QED) is 0.746. The van der Waals surface area contributed by atoms with Gasteiger partial charge in [0.2, 0.25) is 0 Å². The van der Waals surface area contributed by atoms with E-state index >= 15 is 0 Å². The Morgan fingerprint density at radius 1 is 1.10 bits per heavy atom. The van der Waals surface area contributed by atoms with Crippen LogP contribution in [0.4, 0.5) is 5.69 Å². The number of phenolic OH excluding ortho intramolecular Hbond substituents is 2. The van der Waals surface area contributed by atoms with Crippen molar-refractivity contribution in [3.63, 3.8) is 0 Å². The maximum Gasteiger partial charge on any atom is 0.119 e. The molecule has 0 saturated carbocycles. The molecule has 0 heterocycles. The van der Waals surface area contributed by atoms with Crippen molar-refractivity contribution in [3.8, 4) is 11.5 Å². The van der Waals surface area contributed by atoms with Gasteiger partial charge in [0.05, 0.1) is 0 Å². The topological polar surface area (TPSA) is 66.5 Å². The van der Waals surface area contributed by atoms with Gasteiger partial charge in [0, 0.05) is 11.8 Å². The van der Waals surface area contributed by atoms with E-state index in [1.165, 1.54) is 0 Å². The third-order valence-corrected chi connectivity index (χ3v) is 3.59. The van der Waals surface area contributed by atoms with Crippen LogP contribution in [-0.4, -0.2) is 10.2 Å². The minimum Gasteiger partial charge on any atom is -0.508 e. The minimum absolute atomic E-state index is 0.192. The maximum absolute atomic E-state index is 9.86. The van der Waals surface area contributed by atoms with E-state index in [2.05, 4.69) is 13.8 Å². The van der Waals surface area contributed by atoms with Crippen LogP contribution >= 0.6 is 0 Å². The Hall–Kier alpha value is -2.16. The van der Waals surface area contributed by atoms with Crippen LogP contribution < -0.4 is 5.73 Å². The van der Waals surface area contributed by atoms with Gasteiger partial charge in [0.25, 0.3) is 0 Å². The second-order valence-corrected chi connectivity index (χ2v) is 5.56. The number of phenols is 2. The Morgan fingerprint density at radius 2 is 1.80 bits per heavy atom. The molecule has 0 aliphatic carbocycles. The zero-order valence-corrected chi connectivity index (χ0v) is 12.1. The Bertz CT molecular complexity index is 610.